The molecule has 1 atom stereocenters. The fourth-order valence-electron chi connectivity index (χ4n) is 1.08. The summed E-state index contributed by atoms with van der Waals surface area (Å²) >= 11 is 0. The number of methoxy groups -OCH3 is 1. The number of hydrogen-bond acceptors (Lipinski definition) is 4. The molecule has 0 amide bonds. The van der Waals surface area contributed by atoms with Gasteiger partial charge >= 0.3 is 0 Å². The molecule has 0 saturated heterocycles. The van der Waals surface area contributed by atoms with Crippen LogP contribution >= 0.6 is 0 Å². The molecule has 0 aromatic carbocycles. The van der Waals surface area contributed by atoms with Gasteiger partial charge in [-0.1, -0.05) is 13.8 Å². The molecule has 1 unspecified atom stereocenters. The first-order chi connectivity index (χ1) is 7.20. The Morgan fingerprint density at radius 1 is 1.00 bits per heavy atom. The fourth-order valence-corrected chi connectivity index (χ4v) is 1.08. The second-order valence-electron chi connectivity index (χ2n) is 3.98. The summed E-state index contributed by atoms with van der Waals surface area (Å²) in [5.41, 5.74) is 0. The Morgan fingerprint density at radius 2 is 1.60 bits per heavy atom. The van der Waals surface area contributed by atoms with Gasteiger partial charge in [0.15, 0.2) is 0 Å². The zero-order chi connectivity index (χ0) is 11.5. The van der Waals surface area contributed by atoms with Gasteiger partial charge in [0.2, 0.25) is 0 Å². The molecule has 0 spiro atoms. The number of likely N-dealkylation sites (N-methyl/N-ethyl adjacent to an activating group) is 1. The number of ether oxygens (including phenoxy) is 3. The van der Waals surface area contributed by atoms with E-state index in [1.807, 2.05) is 7.05 Å². The SMILES string of the molecule is CNC(COC)COCCOCC(C)C. The Balaban J connectivity index is 3.21. The topological polar surface area (TPSA) is 39.7 Å². The number of hydrogen-bond donors (Lipinski definition) is 1. The van der Waals surface area contributed by atoms with Crippen molar-refractivity contribution in [3.63, 3.8) is 0 Å². The Kier molecular flexibility index (Phi) is 10.3. The highest BCUT2D eigenvalue weighted by molar-refractivity contribution is 4.61. The maximum absolute atomic E-state index is 5.45. The summed E-state index contributed by atoms with van der Waals surface area (Å²) in [7, 11) is 3.60. The minimum Gasteiger partial charge on any atom is -0.383 e. The van der Waals surface area contributed by atoms with Crippen LogP contribution in [0.4, 0.5) is 0 Å². The van der Waals surface area contributed by atoms with Crippen LogP contribution in [0.25, 0.3) is 0 Å². The molecule has 0 aromatic rings. The quantitative estimate of drug-likeness (QED) is 0.554. The average molecular weight is 219 g/mol. The Hall–Kier alpha value is -0.160. The molecule has 4 heteroatoms. The molecule has 0 bridgehead atoms. The highest BCUT2D eigenvalue weighted by Gasteiger charge is 2.04. The van der Waals surface area contributed by atoms with Gasteiger partial charge in [-0.2, -0.15) is 0 Å². The number of nitrogens with one attached hydrogen (secondary N) is 1. The molecule has 15 heavy (non-hydrogen) atoms. The molecule has 0 saturated carbocycles. The van der Waals surface area contributed by atoms with Gasteiger partial charge in [0.25, 0.3) is 0 Å². The van der Waals surface area contributed by atoms with E-state index in [2.05, 4.69) is 19.2 Å². The zero-order valence-corrected chi connectivity index (χ0v) is 10.4. The fraction of sp³-hybridized carbons (Fsp3) is 1.00. The predicted octanol–water partition coefficient (Wildman–Crippen LogP) is 0.910. The monoisotopic (exact) mass is 219 g/mol. The zero-order valence-electron chi connectivity index (χ0n) is 10.4. The largest absolute Gasteiger partial charge is 0.383 e. The van der Waals surface area contributed by atoms with Crippen molar-refractivity contribution in [1.29, 1.82) is 0 Å². The van der Waals surface area contributed by atoms with E-state index >= 15 is 0 Å². The third-order valence-corrected chi connectivity index (χ3v) is 1.92. The van der Waals surface area contributed by atoms with E-state index in [4.69, 9.17) is 14.2 Å². The summed E-state index contributed by atoms with van der Waals surface area (Å²) in [4.78, 5) is 0. The van der Waals surface area contributed by atoms with Crippen molar-refractivity contribution < 1.29 is 14.2 Å². The molecule has 4 nitrogen and oxygen atoms in total. The highest BCUT2D eigenvalue weighted by Crippen LogP contribution is 1.92. The summed E-state index contributed by atoms with van der Waals surface area (Å²) < 4.78 is 15.9. The predicted molar refractivity (Wildman–Crippen MR) is 61.2 cm³/mol. The van der Waals surface area contributed by atoms with Crippen LogP contribution in [0.1, 0.15) is 13.8 Å². The molecule has 0 radical (unpaired) electrons. The van der Waals surface area contributed by atoms with E-state index in [0.717, 1.165) is 6.61 Å². The Labute approximate surface area is 93.3 Å². The summed E-state index contributed by atoms with van der Waals surface area (Å²) in [6.07, 6.45) is 0. The lowest BCUT2D eigenvalue weighted by Gasteiger charge is -2.15. The van der Waals surface area contributed by atoms with Crippen molar-refractivity contribution in [2.24, 2.45) is 5.92 Å². The maximum Gasteiger partial charge on any atom is 0.0701 e. The van der Waals surface area contributed by atoms with Crippen LogP contribution in [0, 0.1) is 5.92 Å². The van der Waals surface area contributed by atoms with Crippen LogP contribution in [0.2, 0.25) is 0 Å². The summed E-state index contributed by atoms with van der Waals surface area (Å²) in [6.45, 7) is 7.72. The van der Waals surface area contributed by atoms with Gasteiger partial charge < -0.3 is 19.5 Å². The summed E-state index contributed by atoms with van der Waals surface area (Å²) in [6, 6.07) is 0.264. The summed E-state index contributed by atoms with van der Waals surface area (Å²) in [5, 5.41) is 3.12. The molecule has 0 aliphatic carbocycles. The molecule has 0 fully saturated rings. The first-order valence-corrected chi connectivity index (χ1v) is 5.52. The molecular weight excluding hydrogens is 194 g/mol. The van der Waals surface area contributed by atoms with Gasteiger partial charge in [0.1, 0.15) is 0 Å². The van der Waals surface area contributed by atoms with Crippen LogP contribution in [0.3, 0.4) is 0 Å². The van der Waals surface area contributed by atoms with Crippen LogP contribution in [-0.4, -0.2) is 53.2 Å². The standard InChI is InChI=1S/C11H25NO3/c1-10(2)7-14-5-6-15-9-11(12-3)8-13-4/h10-12H,5-9H2,1-4H3. The van der Waals surface area contributed by atoms with Crippen LogP contribution in [-0.2, 0) is 14.2 Å². The Morgan fingerprint density at radius 3 is 2.07 bits per heavy atom. The van der Waals surface area contributed by atoms with E-state index in [1.165, 1.54) is 0 Å². The third kappa shape index (κ3) is 10.1. The van der Waals surface area contributed by atoms with Gasteiger partial charge in [-0.15, -0.1) is 0 Å². The highest BCUT2D eigenvalue weighted by atomic mass is 16.5. The van der Waals surface area contributed by atoms with Crippen LogP contribution in [0.15, 0.2) is 0 Å². The van der Waals surface area contributed by atoms with Crippen molar-refractivity contribution in [3.8, 4) is 0 Å². The van der Waals surface area contributed by atoms with E-state index in [-0.39, 0.29) is 6.04 Å². The van der Waals surface area contributed by atoms with E-state index in [1.54, 1.807) is 7.11 Å². The minimum absolute atomic E-state index is 0.264. The van der Waals surface area contributed by atoms with E-state index in [0.29, 0.717) is 32.3 Å². The van der Waals surface area contributed by atoms with Gasteiger partial charge in [-0.25, -0.2) is 0 Å². The average Bonchev–Trinajstić information content (AvgIpc) is 2.21. The maximum atomic E-state index is 5.45. The first kappa shape index (κ1) is 14.8. The van der Waals surface area contributed by atoms with Crippen molar-refractivity contribution in [2.75, 3.05) is 47.2 Å². The normalized spacial score (nSPS) is 13.4. The molecule has 0 rings (SSSR count). The van der Waals surface area contributed by atoms with Crippen molar-refractivity contribution in [2.45, 2.75) is 19.9 Å². The second kappa shape index (κ2) is 10.4. The lowest BCUT2D eigenvalue weighted by Crippen LogP contribution is -2.35. The van der Waals surface area contributed by atoms with Crippen molar-refractivity contribution >= 4 is 0 Å². The molecule has 0 aliphatic heterocycles. The van der Waals surface area contributed by atoms with Gasteiger partial charge in [-0.3, -0.25) is 0 Å². The molecule has 0 aliphatic rings. The van der Waals surface area contributed by atoms with Crippen LogP contribution in [0.5, 0.6) is 0 Å². The first-order valence-electron chi connectivity index (χ1n) is 5.52. The number of rotatable bonds is 10. The summed E-state index contributed by atoms with van der Waals surface area (Å²) in [5.74, 6) is 0.587. The van der Waals surface area contributed by atoms with E-state index < -0.39 is 0 Å². The molecule has 1 N–H and O–H groups in total. The molecule has 0 heterocycles. The Bertz CT molecular complexity index is 131. The second-order valence-corrected chi connectivity index (χ2v) is 3.98. The smallest absolute Gasteiger partial charge is 0.0701 e. The molecular formula is C11H25NO3. The van der Waals surface area contributed by atoms with Gasteiger partial charge in [-0.05, 0) is 13.0 Å². The van der Waals surface area contributed by atoms with Crippen molar-refractivity contribution in [3.05, 3.63) is 0 Å². The van der Waals surface area contributed by atoms with E-state index in [9.17, 15) is 0 Å². The van der Waals surface area contributed by atoms with Crippen molar-refractivity contribution in [1.82, 2.24) is 5.32 Å². The lowest BCUT2D eigenvalue weighted by molar-refractivity contribution is 0.0218. The van der Waals surface area contributed by atoms with Gasteiger partial charge in [0.05, 0.1) is 32.5 Å². The van der Waals surface area contributed by atoms with Crippen LogP contribution < -0.4 is 5.32 Å². The van der Waals surface area contributed by atoms with Gasteiger partial charge in [0, 0.05) is 13.7 Å². The minimum atomic E-state index is 0.264. The molecule has 92 valence electrons. The lowest BCUT2D eigenvalue weighted by atomic mass is 10.2. The molecule has 0 aromatic heterocycles. The third-order valence-electron chi connectivity index (χ3n) is 1.92.